The Morgan fingerprint density at radius 3 is 2.61 bits per heavy atom. The minimum Gasteiger partial charge on any atom is -0.497 e. The van der Waals surface area contributed by atoms with Crippen LogP contribution >= 0.6 is 0 Å². The van der Waals surface area contributed by atoms with Crippen LogP contribution in [-0.4, -0.2) is 49.0 Å². The molecule has 152 valence electrons. The summed E-state index contributed by atoms with van der Waals surface area (Å²) < 4.78 is 5.05. The Hall–Kier alpha value is -2.33. The molecule has 1 aliphatic rings. The number of hydrogen-bond donors (Lipinski definition) is 0. The lowest BCUT2D eigenvalue weighted by atomic mass is 9.98. The monoisotopic (exact) mass is 382 g/mol. The summed E-state index contributed by atoms with van der Waals surface area (Å²) in [5.74, 6) is 1.19. The molecule has 0 N–H and O–H groups in total. The number of allylic oxidation sites excluding steroid dienone is 3. The molecule has 3 atom stereocenters. The standard InChI is InChI=1S/C24H34N2O2/c1-18(12-13-20(3)28-6)19(2)14-16-25(5)23-15-17-26(24(23)27)21(4)22-10-8-7-9-11-22/h7-13,19,21,23H,1,3,14-17H2,2,4-6H3/b13-12-. The van der Waals surface area contributed by atoms with Crippen molar-refractivity contribution < 1.29 is 9.53 Å². The molecule has 28 heavy (non-hydrogen) atoms. The number of carbonyl (C=O) groups excluding carboxylic acids is 1. The van der Waals surface area contributed by atoms with E-state index < -0.39 is 0 Å². The molecule has 0 radical (unpaired) electrons. The SMILES string of the molecule is C=C(/C=C\C(=C)C(C)CCN(C)C1CCN(C(C)c2ccccc2)C1=O)OC. The summed E-state index contributed by atoms with van der Waals surface area (Å²) in [5, 5.41) is 0. The predicted octanol–water partition coefficient (Wildman–Crippen LogP) is 4.58. The van der Waals surface area contributed by atoms with E-state index >= 15 is 0 Å². The Kier molecular flexibility index (Phi) is 8.06. The average Bonchev–Trinajstić information content (AvgIpc) is 3.10. The van der Waals surface area contributed by atoms with E-state index in [1.54, 1.807) is 7.11 Å². The minimum atomic E-state index is -0.0320. The lowest BCUT2D eigenvalue weighted by Gasteiger charge is -2.28. The first kappa shape index (κ1) is 22.0. The van der Waals surface area contributed by atoms with Crippen LogP contribution in [0.25, 0.3) is 0 Å². The van der Waals surface area contributed by atoms with Crippen molar-refractivity contribution in [2.24, 2.45) is 5.92 Å². The van der Waals surface area contributed by atoms with E-state index in [4.69, 9.17) is 4.74 Å². The van der Waals surface area contributed by atoms with Gasteiger partial charge in [0.05, 0.1) is 19.2 Å². The zero-order valence-corrected chi connectivity index (χ0v) is 17.7. The maximum Gasteiger partial charge on any atom is 0.240 e. The largest absolute Gasteiger partial charge is 0.497 e. The molecule has 2 rings (SSSR count). The van der Waals surface area contributed by atoms with Crippen molar-refractivity contribution in [3.05, 3.63) is 72.5 Å². The van der Waals surface area contributed by atoms with Gasteiger partial charge in [0.2, 0.25) is 5.91 Å². The fraction of sp³-hybridized carbons (Fsp3) is 0.458. The van der Waals surface area contributed by atoms with E-state index in [1.165, 1.54) is 5.56 Å². The fourth-order valence-electron chi connectivity index (χ4n) is 3.56. The van der Waals surface area contributed by atoms with Gasteiger partial charge in [0, 0.05) is 6.54 Å². The first-order chi connectivity index (χ1) is 13.3. The van der Waals surface area contributed by atoms with Crippen molar-refractivity contribution >= 4 is 5.91 Å². The van der Waals surface area contributed by atoms with Gasteiger partial charge >= 0.3 is 0 Å². The molecular formula is C24H34N2O2. The van der Waals surface area contributed by atoms with Gasteiger partial charge in [-0.3, -0.25) is 9.69 Å². The Balaban J connectivity index is 1.87. The van der Waals surface area contributed by atoms with Crippen LogP contribution in [0, 0.1) is 5.92 Å². The lowest BCUT2D eigenvalue weighted by Crippen LogP contribution is -2.41. The van der Waals surface area contributed by atoms with Gasteiger partial charge in [-0.05, 0) is 50.9 Å². The molecule has 4 nitrogen and oxygen atoms in total. The van der Waals surface area contributed by atoms with Crippen LogP contribution < -0.4 is 0 Å². The van der Waals surface area contributed by atoms with Gasteiger partial charge in [0.1, 0.15) is 5.76 Å². The van der Waals surface area contributed by atoms with Crippen LogP contribution in [-0.2, 0) is 9.53 Å². The Morgan fingerprint density at radius 2 is 1.96 bits per heavy atom. The maximum absolute atomic E-state index is 13.0. The quantitative estimate of drug-likeness (QED) is 0.439. The Labute approximate surface area is 170 Å². The molecule has 4 heteroatoms. The van der Waals surface area contributed by atoms with E-state index in [1.807, 2.05) is 35.3 Å². The second kappa shape index (κ2) is 10.3. The zero-order valence-electron chi connectivity index (χ0n) is 17.7. The zero-order chi connectivity index (χ0) is 20.7. The third-order valence-electron chi connectivity index (χ3n) is 5.79. The molecule has 1 aliphatic heterocycles. The van der Waals surface area contributed by atoms with Crippen molar-refractivity contribution in [3.8, 4) is 0 Å². The number of nitrogens with zero attached hydrogens (tertiary/aromatic N) is 2. The van der Waals surface area contributed by atoms with Gasteiger partial charge in [-0.2, -0.15) is 0 Å². The second-order valence-corrected chi connectivity index (χ2v) is 7.67. The molecule has 1 aromatic rings. The molecule has 0 aliphatic carbocycles. The van der Waals surface area contributed by atoms with Crippen LogP contribution in [0.5, 0.6) is 0 Å². The molecular weight excluding hydrogens is 348 g/mol. The highest BCUT2D eigenvalue weighted by Gasteiger charge is 2.36. The topological polar surface area (TPSA) is 32.8 Å². The molecule has 1 amide bonds. The molecule has 0 spiro atoms. The lowest BCUT2D eigenvalue weighted by molar-refractivity contribution is -0.133. The number of amides is 1. The third kappa shape index (κ3) is 5.59. The van der Waals surface area contributed by atoms with Crippen LogP contribution in [0.15, 0.2) is 67.0 Å². The van der Waals surface area contributed by atoms with Crippen LogP contribution in [0.2, 0.25) is 0 Å². The molecule has 3 unspecified atom stereocenters. The van der Waals surface area contributed by atoms with Gasteiger partial charge in [-0.15, -0.1) is 0 Å². The van der Waals surface area contributed by atoms with E-state index in [0.29, 0.717) is 11.7 Å². The summed E-state index contributed by atoms with van der Waals surface area (Å²) >= 11 is 0. The summed E-state index contributed by atoms with van der Waals surface area (Å²) in [5.41, 5.74) is 2.23. The Morgan fingerprint density at radius 1 is 1.29 bits per heavy atom. The first-order valence-electron chi connectivity index (χ1n) is 10.0. The van der Waals surface area contributed by atoms with Crippen LogP contribution in [0.3, 0.4) is 0 Å². The molecule has 0 aromatic heterocycles. The highest BCUT2D eigenvalue weighted by molar-refractivity contribution is 5.84. The maximum atomic E-state index is 13.0. The number of methoxy groups -OCH3 is 1. The summed E-state index contributed by atoms with van der Waals surface area (Å²) in [4.78, 5) is 17.2. The van der Waals surface area contributed by atoms with Crippen LogP contribution in [0.4, 0.5) is 0 Å². The van der Waals surface area contributed by atoms with Crippen molar-refractivity contribution in [2.75, 3.05) is 27.2 Å². The minimum absolute atomic E-state index is 0.0320. The summed E-state index contributed by atoms with van der Waals surface area (Å²) in [6.07, 6.45) is 5.64. The number of benzene rings is 1. The normalized spacial score (nSPS) is 19.2. The Bertz CT molecular complexity index is 711. The highest BCUT2D eigenvalue weighted by Crippen LogP contribution is 2.28. The molecule has 0 bridgehead atoms. The van der Waals surface area contributed by atoms with Crippen molar-refractivity contribution in [1.29, 1.82) is 0 Å². The third-order valence-corrected chi connectivity index (χ3v) is 5.79. The number of carbonyl (C=O) groups is 1. The number of hydrogen-bond acceptors (Lipinski definition) is 3. The van der Waals surface area contributed by atoms with Gasteiger partial charge in [0.15, 0.2) is 0 Å². The summed E-state index contributed by atoms with van der Waals surface area (Å²) in [6.45, 7) is 13.9. The number of likely N-dealkylation sites (N-methyl/N-ethyl adjacent to an activating group) is 1. The first-order valence-corrected chi connectivity index (χ1v) is 10.0. The number of ether oxygens (including phenoxy) is 1. The smallest absolute Gasteiger partial charge is 0.240 e. The second-order valence-electron chi connectivity index (χ2n) is 7.67. The van der Waals surface area contributed by atoms with Gasteiger partial charge in [-0.1, -0.05) is 62.1 Å². The molecule has 0 saturated carbocycles. The molecule has 1 fully saturated rings. The average molecular weight is 383 g/mol. The molecule has 1 heterocycles. The van der Waals surface area contributed by atoms with Crippen molar-refractivity contribution in [3.63, 3.8) is 0 Å². The van der Waals surface area contributed by atoms with Crippen LogP contribution in [0.1, 0.15) is 38.3 Å². The number of likely N-dealkylation sites (tertiary alicyclic amines) is 1. The predicted molar refractivity (Wildman–Crippen MR) is 116 cm³/mol. The summed E-state index contributed by atoms with van der Waals surface area (Å²) in [6, 6.07) is 10.3. The van der Waals surface area contributed by atoms with Gasteiger partial charge in [-0.25, -0.2) is 0 Å². The van der Waals surface area contributed by atoms with E-state index in [0.717, 1.165) is 31.5 Å². The summed E-state index contributed by atoms with van der Waals surface area (Å²) in [7, 11) is 3.66. The highest BCUT2D eigenvalue weighted by atomic mass is 16.5. The fourth-order valence-corrected chi connectivity index (χ4v) is 3.56. The number of rotatable bonds is 10. The van der Waals surface area contributed by atoms with Gasteiger partial charge in [0.25, 0.3) is 0 Å². The van der Waals surface area contributed by atoms with Crippen molar-refractivity contribution in [2.45, 2.75) is 38.8 Å². The van der Waals surface area contributed by atoms with Crippen molar-refractivity contribution in [1.82, 2.24) is 9.80 Å². The van der Waals surface area contributed by atoms with E-state index in [2.05, 4.69) is 51.1 Å². The molecule has 1 aromatic carbocycles. The van der Waals surface area contributed by atoms with E-state index in [9.17, 15) is 4.79 Å². The molecule has 1 saturated heterocycles. The van der Waals surface area contributed by atoms with E-state index in [-0.39, 0.29) is 18.0 Å². The van der Waals surface area contributed by atoms with Gasteiger partial charge < -0.3 is 9.64 Å².